The van der Waals surface area contributed by atoms with Gasteiger partial charge < -0.3 is 9.47 Å². The number of carbonyl (C=O) groups is 1. The zero-order valence-corrected chi connectivity index (χ0v) is 18.8. The highest BCUT2D eigenvalue weighted by atomic mass is 16.2. The number of amides is 1. The topological polar surface area (TPSA) is 38.1 Å². The number of fused-ring (bicyclic) bond motifs is 2. The van der Waals surface area contributed by atoms with Gasteiger partial charge in [0.05, 0.1) is 16.7 Å². The van der Waals surface area contributed by atoms with Crippen molar-refractivity contribution in [3.63, 3.8) is 0 Å². The summed E-state index contributed by atoms with van der Waals surface area (Å²) in [5.41, 5.74) is 3.24. The van der Waals surface area contributed by atoms with Crippen LogP contribution in [0.4, 0.5) is 5.69 Å². The van der Waals surface area contributed by atoms with Crippen molar-refractivity contribution in [3.05, 3.63) is 72.6 Å². The van der Waals surface area contributed by atoms with Crippen molar-refractivity contribution in [2.75, 3.05) is 11.4 Å². The minimum atomic E-state index is 0.115. The Bertz CT molecular complexity index is 1240. The third kappa shape index (κ3) is 3.90. The number of anilines is 1. The number of hydrogen-bond acceptors (Lipinski definition) is 2. The van der Waals surface area contributed by atoms with Crippen molar-refractivity contribution < 1.29 is 4.79 Å². The Kier molecular flexibility index (Phi) is 5.93. The molecule has 2 heterocycles. The summed E-state index contributed by atoms with van der Waals surface area (Å²) < 4.78 is 2.38. The largest absolute Gasteiger partial charge is 0.328 e. The van der Waals surface area contributed by atoms with E-state index < -0.39 is 0 Å². The van der Waals surface area contributed by atoms with Crippen molar-refractivity contribution in [1.29, 1.82) is 0 Å². The third-order valence-electron chi connectivity index (χ3n) is 6.72. The molecule has 5 rings (SSSR count). The van der Waals surface area contributed by atoms with Crippen molar-refractivity contribution in [1.82, 2.24) is 9.55 Å². The van der Waals surface area contributed by atoms with Crippen LogP contribution in [0.15, 0.2) is 66.7 Å². The van der Waals surface area contributed by atoms with Crippen molar-refractivity contribution in [2.24, 2.45) is 0 Å². The molecular formula is C28H31N3O. The van der Waals surface area contributed by atoms with E-state index in [-0.39, 0.29) is 11.8 Å². The molecule has 0 saturated carbocycles. The highest BCUT2D eigenvalue weighted by molar-refractivity contribution is 6.05. The Morgan fingerprint density at radius 3 is 2.59 bits per heavy atom. The minimum absolute atomic E-state index is 0.115. The van der Waals surface area contributed by atoms with Gasteiger partial charge in [-0.2, -0.15) is 0 Å². The summed E-state index contributed by atoms with van der Waals surface area (Å²) >= 11 is 0. The summed E-state index contributed by atoms with van der Waals surface area (Å²) in [4.78, 5) is 20.1. The SMILES string of the molecule is CCCCCCCn1c(C2CC(=O)N(c3cccc4ccccc34)C2)nc2ccccc21. The number of carbonyl (C=O) groups excluding carboxylic acids is 1. The van der Waals surface area contributed by atoms with Gasteiger partial charge in [0.15, 0.2) is 0 Å². The first kappa shape index (κ1) is 20.7. The molecule has 1 amide bonds. The van der Waals surface area contributed by atoms with Crippen LogP contribution in [0.25, 0.3) is 21.8 Å². The van der Waals surface area contributed by atoms with Gasteiger partial charge in [-0.15, -0.1) is 0 Å². The van der Waals surface area contributed by atoms with Gasteiger partial charge in [0.1, 0.15) is 5.82 Å². The second-order valence-corrected chi connectivity index (χ2v) is 8.93. The van der Waals surface area contributed by atoms with Gasteiger partial charge in [0, 0.05) is 30.8 Å². The van der Waals surface area contributed by atoms with Crippen LogP contribution in [0, 0.1) is 0 Å². The smallest absolute Gasteiger partial charge is 0.227 e. The summed E-state index contributed by atoms with van der Waals surface area (Å²) in [7, 11) is 0. The van der Waals surface area contributed by atoms with Crippen LogP contribution in [-0.4, -0.2) is 22.0 Å². The van der Waals surface area contributed by atoms with E-state index in [1.165, 1.54) is 36.6 Å². The lowest BCUT2D eigenvalue weighted by atomic mass is 10.1. The van der Waals surface area contributed by atoms with Crippen molar-refractivity contribution >= 4 is 33.4 Å². The van der Waals surface area contributed by atoms with Gasteiger partial charge in [-0.25, -0.2) is 4.98 Å². The van der Waals surface area contributed by atoms with Crippen molar-refractivity contribution in [3.8, 4) is 0 Å². The molecule has 32 heavy (non-hydrogen) atoms. The number of para-hydroxylation sites is 2. The Labute approximate surface area is 189 Å². The molecule has 1 saturated heterocycles. The first-order valence-electron chi connectivity index (χ1n) is 12.0. The molecule has 1 aliphatic heterocycles. The van der Waals surface area contributed by atoms with E-state index in [0.29, 0.717) is 13.0 Å². The van der Waals surface area contributed by atoms with Gasteiger partial charge in [0.25, 0.3) is 0 Å². The van der Waals surface area contributed by atoms with E-state index in [4.69, 9.17) is 4.98 Å². The van der Waals surface area contributed by atoms with Gasteiger partial charge in [-0.05, 0) is 30.0 Å². The number of unbranched alkanes of at least 4 members (excludes halogenated alkanes) is 4. The molecular weight excluding hydrogens is 394 g/mol. The Morgan fingerprint density at radius 2 is 1.69 bits per heavy atom. The average Bonchev–Trinajstić information content (AvgIpc) is 3.39. The van der Waals surface area contributed by atoms with Crippen LogP contribution in [0.2, 0.25) is 0 Å². The monoisotopic (exact) mass is 425 g/mol. The van der Waals surface area contributed by atoms with Gasteiger partial charge in [-0.1, -0.05) is 81.1 Å². The van der Waals surface area contributed by atoms with Crippen LogP contribution in [0.1, 0.15) is 57.2 Å². The molecule has 1 fully saturated rings. The van der Waals surface area contributed by atoms with E-state index in [1.807, 2.05) is 29.2 Å². The molecule has 1 unspecified atom stereocenters. The second-order valence-electron chi connectivity index (χ2n) is 8.93. The lowest BCUT2D eigenvalue weighted by molar-refractivity contribution is -0.117. The Hall–Kier alpha value is -3.14. The first-order chi connectivity index (χ1) is 15.8. The van der Waals surface area contributed by atoms with Gasteiger partial charge in [-0.3, -0.25) is 4.79 Å². The number of aryl methyl sites for hydroxylation is 1. The molecule has 4 nitrogen and oxygen atoms in total. The van der Waals surface area contributed by atoms with E-state index in [1.54, 1.807) is 0 Å². The van der Waals surface area contributed by atoms with Crippen LogP contribution < -0.4 is 4.90 Å². The summed E-state index contributed by atoms with van der Waals surface area (Å²) in [5, 5.41) is 2.30. The van der Waals surface area contributed by atoms with E-state index in [9.17, 15) is 4.79 Å². The van der Waals surface area contributed by atoms with Crippen LogP contribution in [0.5, 0.6) is 0 Å². The third-order valence-corrected chi connectivity index (χ3v) is 6.72. The summed E-state index contributed by atoms with van der Waals surface area (Å²) in [6, 6.07) is 22.9. The normalized spacial score (nSPS) is 16.5. The molecule has 1 atom stereocenters. The van der Waals surface area contributed by atoms with E-state index in [0.717, 1.165) is 35.4 Å². The fraction of sp³-hybridized carbons (Fsp3) is 0.357. The summed E-state index contributed by atoms with van der Waals surface area (Å²) in [5.74, 6) is 1.37. The molecule has 1 aliphatic rings. The maximum atomic E-state index is 13.1. The molecule has 3 aromatic carbocycles. The summed E-state index contributed by atoms with van der Waals surface area (Å²) in [6.07, 6.45) is 6.76. The lowest BCUT2D eigenvalue weighted by Gasteiger charge is -2.19. The first-order valence-corrected chi connectivity index (χ1v) is 12.0. The Balaban J connectivity index is 1.44. The number of benzene rings is 3. The molecule has 164 valence electrons. The highest BCUT2D eigenvalue weighted by Gasteiger charge is 2.35. The average molecular weight is 426 g/mol. The predicted octanol–water partition coefficient (Wildman–Crippen LogP) is 6.68. The fourth-order valence-corrected chi connectivity index (χ4v) is 5.07. The standard InChI is InChI=1S/C28H31N3O/c1-2-3-4-5-10-18-30-26-16-9-8-15-24(26)29-28(30)22-19-27(32)31(20-22)25-17-11-13-21-12-6-7-14-23(21)25/h6-9,11-17,22H,2-5,10,18-20H2,1H3. The molecule has 0 radical (unpaired) electrons. The maximum absolute atomic E-state index is 13.1. The zero-order valence-electron chi connectivity index (χ0n) is 18.8. The Morgan fingerprint density at radius 1 is 0.906 bits per heavy atom. The highest BCUT2D eigenvalue weighted by Crippen LogP contribution is 2.36. The molecule has 0 spiro atoms. The number of imidazole rings is 1. The quantitative estimate of drug-likeness (QED) is 0.295. The molecule has 0 bridgehead atoms. The molecule has 0 aliphatic carbocycles. The molecule has 0 N–H and O–H groups in total. The van der Waals surface area contributed by atoms with Crippen molar-refractivity contribution in [2.45, 2.75) is 57.9 Å². The predicted molar refractivity (Wildman–Crippen MR) is 132 cm³/mol. The second kappa shape index (κ2) is 9.15. The van der Waals surface area contributed by atoms with Crippen LogP contribution in [0.3, 0.4) is 0 Å². The maximum Gasteiger partial charge on any atom is 0.227 e. The van der Waals surface area contributed by atoms with E-state index >= 15 is 0 Å². The van der Waals surface area contributed by atoms with E-state index in [2.05, 4.69) is 54.0 Å². The zero-order chi connectivity index (χ0) is 21.9. The number of aromatic nitrogens is 2. The lowest BCUT2D eigenvalue weighted by Crippen LogP contribution is -2.24. The van der Waals surface area contributed by atoms with Crippen LogP contribution in [-0.2, 0) is 11.3 Å². The molecule has 1 aromatic heterocycles. The van der Waals surface area contributed by atoms with Gasteiger partial charge >= 0.3 is 0 Å². The minimum Gasteiger partial charge on any atom is -0.328 e. The van der Waals surface area contributed by atoms with Crippen LogP contribution >= 0.6 is 0 Å². The number of nitrogens with zero attached hydrogens (tertiary/aromatic N) is 3. The van der Waals surface area contributed by atoms with Gasteiger partial charge in [0.2, 0.25) is 5.91 Å². The molecule has 4 heteroatoms. The summed E-state index contributed by atoms with van der Waals surface area (Å²) in [6.45, 7) is 3.91. The number of hydrogen-bond donors (Lipinski definition) is 0. The fourth-order valence-electron chi connectivity index (χ4n) is 5.07. The number of rotatable bonds is 8. The molecule has 4 aromatic rings.